The molecule has 10 nitrogen and oxygen atoms in total. The molecule has 152 valence electrons. The second-order valence-electron chi connectivity index (χ2n) is 6.44. The Kier molecular flexibility index (Phi) is 7.97. The lowest BCUT2D eigenvalue weighted by Crippen LogP contribution is -2.48. The van der Waals surface area contributed by atoms with Crippen LogP contribution in [0.1, 0.15) is 20.3 Å². The highest BCUT2D eigenvalue weighted by atomic mass is 32.2. The third-order valence-electron chi connectivity index (χ3n) is 3.33. The molecule has 1 aromatic rings. The van der Waals surface area contributed by atoms with E-state index >= 15 is 0 Å². The van der Waals surface area contributed by atoms with E-state index in [4.69, 9.17) is 9.79 Å². The van der Waals surface area contributed by atoms with Crippen LogP contribution in [0.15, 0.2) is 29.2 Å². The van der Waals surface area contributed by atoms with E-state index in [1.54, 1.807) is 0 Å². The van der Waals surface area contributed by atoms with E-state index in [2.05, 4.69) is 16.0 Å². The molecule has 12 heteroatoms. The fraction of sp³-hybridized carbons (Fsp3) is 0.467. The SMILES string of the molecule is CC(C)C[C@H](NC(=O)Nc1ccc(S(C)(=O)=O)cc1)C(=O)NCP(=O)(O)O. The van der Waals surface area contributed by atoms with Gasteiger partial charge in [-0.1, -0.05) is 13.8 Å². The fourth-order valence-corrected chi connectivity index (χ4v) is 3.11. The normalized spacial score (nSPS) is 13.1. The first kappa shape index (κ1) is 23.1. The molecule has 0 fully saturated rings. The fourth-order valence-electron chi connectivity index (χ4n) is 2.12. The van der Waals surface area contributed by atoms with E-state index < -0.39 is 41.7 Å². The third-order valence-corrected chi connectivity index (χ3v) is 5.03. The van der Waals surface area contributed by atoms with Gasteiger partial charge in [-0.05, 0) is 36.6 Å². The predicted octanol–water partition coefficient (Wildman–Crippen LogP) is 0.878. The maximum atomic E-state index is 12.1. The quantitative estimate of drug-likeness (QED) is 0.389. The highest BCUT2D eigenvalue weighted by Crippen LogP contribution is 2.32. The summed E-state index contributed by atoms with van der Waals surface area (Å²) in [5.41, 5.74) is 0.318. The summed E-state index contributed by atoms with van der Waals surface area (Å²) in [4.78, 5) is 42.0. The summed E-state index contributed by atoms with van der Waals surface area (Å²) in [5.74, 6) is -0.681. The Balaban J connectivity index is 2.75. The first-order valence-electron chi connectivity index (χ1n) is 7.98. The number of urea groups is 1. The molecule has 27 heavy (non-hydrogen) atoms. The highest BCUT2D eigenvalue weighted by molar-refractivity contribution is 7.90. The van der Waals surface area contributed by atoms with Gasteiger partial charge in [0.25, 0.3) is 0 Å². The number of anilines is 1. The third kappa shape index (κ3) is 9.00. The minimum absolute atomic E-state index is 0.0325. The van der Waals surface area contributed by atoms with Gasteiger partial charge < -0.3 is 25.7 Å². The zero-order chi connectivity index (χ0) is 20.8. The van der Waals surface area contributed by atoms with Gasteiger partial charge in [-0.3, -0.25) is 9.36 Å². The second kappa shape index (κ2) is 9.32. The molecule has 5 N–H and O–H groups in total. The Morgan fingerprint density at radius 1 is 1.15 bits per heavy atom. The molecule has 0 heterocycles. The lowest BCUT2D eigenvalue weighted by atomic mass is 10.0. The van der Waals surface area contributed by atoms with Crippen molar-refractivity contribution < 1.29 is 32.4 Å². The van der Waals surface area contributed by atoms with Crippen LogP contribution in [0.4, 0.5) is 10.5 Å². The molecule has 1 rings (SSSR count). The van der Waals surface area contributed by atoms with Crippen molar-refractivity contribution in [3.63, 3.8) is 0 Å². The molecule has 0 aliphatic heterocycles. The van der Waals surface area contributed by atoms with Gasteiger partial charge in [-0.2, -0.15) is 0 Å². The number of carbonyl (C=O) groups excluding carboxylic acids is 2. The van der Waals surface area contributed by atoms with Crippen molar-refractivity contribution in [1.29, 1.82) is 0 Å². The second-order valence-corrected chi connectivity index (χ2v) is 10.1. The lowest BCUT2D eigenvalue weighted by Gasteiger charge is -2.20. The van der Waals surface area contributed by atoms with Crippen LogP contribution in [-0.2, 0) is 19.2 Å². The monoisotopic (exact) mass is 421 g/mol. The number of hydrogen-bond donors (Lipinski definition) is 5. The van der Waals surface area contributed by atoms with Crippen LogP contribution in [0.5, 0.6) is 0 Å². The minimum Gasteiger partial charge on any atom is -0.343 e. The molecule has 1 atom stereocenters. The average molecular weight is 421 g/mol. The van der Waals surface area contributed by atoms with Gasteiger partial charge >= 0.3 is 13.6 Å². The Bertz CT molecular complexity index is 818. The zero-order valence-electron chi connectivity index (χ0n) is 15.2. The van der Waals surface area contributed by atoms with Gasteiger partial charge in [0.2, 0.25) is 5.91 Å². The van der Waals surface area contributed by atoms with Crippen LogP contribution in [0.2, 0.25) is 0 Å². The van der Waals surface area contributed by atoms with Crippen molar-refractivity contribution >= 4 is 35.1 Å². The van der Waals surface area contributed by atoms with Crippen molar-refractivity contribution in [2.75, 3.05) is 17.9 Å². The maximum Gasteiger partial charge on any atom is 0.344 e. The zero-order valence-corrected chi connectivity index (χ0v) is 16.9. The first-order valence-corrected chi connectivity index (χ1v) is 11.7. The van der Waals surface area contributed by atoms with E-state index in [-0.39, 0.29) is 17.2 Å². The van der Waals surface area contributed by atoms with Crippen molar-refractivity contribution in [2.24, 2.45) is 5.92 Å². The molecule has 3 amide bonds. The predicted molar refractivity (Wildman–Crippen MR) is 100 cm³/mol. The van der Waals surface area contributed by atoms with Crippen LogP contribution >= 0.6 is 7.60 Å². The Labute approximate surface area is 157 Å². The summed E-state index contributed by atoms with van der Waals surface area (Å²) in [6.45, 7) is 3.65. The first-order chi connectivity index (χ1) is 12.3. The number of sulfone groups is 1. The Morgan fingerprint density at radius 3 is 2.15 bits per heavy atom. The van der Waals surface area contributed by atoms with Gasteiger partial charge in [0, 0.05) is 11.9 Å². The number of benzene rings is 1. The largest absolute Gasteiger partial charge is 0.344 e. The average Bonchev–Trinajstić information content (AvgIpc) is 2.50. The van der Waals surface area contributed by atoms with Crippen molar-refractivity contribution in [3.05, 3.63) is 24.3 Å². The molecule has 0 radical (unpaired) electrons. The van der Waals surface area contributed by atoms with E-state index in [9.17, 15) is 22.6 Å². The minimum atomic E-state index is -4.41. The van der Waals surface area contributed by atoms with Crippen molar-refractivity contribution in [3.8, 4) is 0 Å². The Hall–Kier alpha value is -1.94. The van der Waals surface area contributed by atoms with E-state index in [0.717, 1.165) is 6.26 Å². The summed E-state index contributed by atoms with van der Waals surface area (Å²) in [5, 5.41) is 7.03. The molecular formula is C15H24N3O7PS. The summed E-state index contributed by atoms with van der Waals surface area (Å²) in [6, 6.07) is 3.78. The van der Waals surface area contributed by atoms with Crippen molar-refractivity contribution in [1.82, 2.24) is 10.6 Å². The van der Waals surface area contributed by atoms with Crippen LogP contribution in [0.25, 0.3) is 0 Å². The van der Waals surface area contributed by atoms with Crippen molar-refractivity contribution in [2.45, 2.75) is 31.2 Å². The van der Waals surface area contributed by atoms with Crippen LogP contribution in [-0.4, -0.2) is 48.7 Å². The van der Waals surface area contributed by atoms with E-state index in [1.165, 1.54) is 24.3 Å². The molecule has 1 aromatic carbocycles. The molecular weight excluding hydrogens is 397 g/mol. The molecule has 0 aliphatic rings. The van der Waals surface area contributed by atoms with Crippen LogP contribution < -0.4 is 16.0 Å². The number of carbonyl (C=O) groups is 2. The van der Waals surface area contributed by atoms with Gasteiger partial charge in [-0.15, -0.1) is 0 Å². The van der Waals surface area contributed by atoms with E-state index in [1.807, 2.05) is 13.8 Å². The smallest absolute Gasteiger partial charge is 0.343 e. The lowest BCUT2D eigenvalue weighted by molar-refractivity contribution is -0.123. The number of amides is 3. The number of rotatable bonds is 8. The van der Waals surface area contributed by atoms with Crippen LogP contribution in [0.3, 0.4) is 0 Å². The standard InChI is InChI=1S/C15H24N3O7PS/c1-10(2)8-13(14(19)16-9-26(21,22)23)18-15(20)17-11-4-6-12(7-5-11)27(3,24)25/h4-7,10,13H,8-9H2,1-3H3,(H,16,19)(H2,17,18,20)(H2,21,22,23)/t13-/m0/s1. The van der Waals surface area contributed by atoms with Gasteiger partial charge in [-0.25, -0.2) is 13.2 Å². The molecule has 0 aliphatic carbocycles. The molecule has 0 saturated heterocycles. The summed E-state index contributed by atoms with van der Waals surface area (Å²) in [6.07, 6.45) is 0.499. The molecule has 0 unspecified atom stereocenters. The highest BCUT2D eigenvalue weighted by Gasteiger charge is 2.24. The topological polar surface area (TPSA) is 162 Å². The van der Waals surface area contributed by atoms with Crippen LogP contribution in [0, 0.1) is 5.92 Å². The molecule has 0 spiro atoms. The summed E-state index contributed by atoms with van der Waals surface area (Å²) in [7, 11) is -7.77. The maximum absolute atomic E-state index is 12.1. The summed E-state index contributed by atoms with van der Waals surface area (Å²) >= 11 is 0. The molecule has 0 saturated carbocycles. The van der Waals surface area contributed by atoms with E-state index in [0.29, 0.717) is 5.69 Å². The van der Waals surface area contributed by atoms with Gasteiger partial charge in [0.1, 0.15) is 12.3 Å². The number of nitrogens with one attached hydrogen (secondary N) is 3. The Morgan fingerprint density at radius 2 is 1.70 bits per heavy atom. The molecule has 0 aromatic heterocycles. The molecule has 0 bridgehead atoms. The number of hydrogen-bond acceptors (Lipinski definition) is 5. The van der Waals surface area contributed by atoms with Gasteiger partial charge in [0.15, 0.2) is 9.84 Å². The van der Waals surface area contributed by atoms with Gasteiger partial charge in [0.05, 0.1) is 4.90 Å². The summed E-state index contributed by atoms with van der Waals surface area (Å²) < 4.78 is 33.7.